The molecule has 0 atom stereocenters. The van der Waals surface area contributed by atoms with Crippen molar-refractivity contribution in [2.24, 2.45) is 0 Å². The lowest BCUT2D eigenvalue weighted by Gasteiger charge is -2.07. The van der Waals surface area contributed by atoms with Crippen LogP contribution in [0.5, 0.6) is 5.75 Å². The second-order valence-electron chi connectivity index (χ2n) is 5.04. The Morgan fingerprint density at radius 3 is 2.62 bits per heavy atom. The van der Waals surface area contributed by atoms with E-state index in [1.54, 1.807) is 12.1 Å². The second kappa shape index (κ2) is 6.88. The van der Waals surface area contributed by atoms with Crippen molar-refractivity contribution in [1.29, 1.82) is 0 Å². The number of rotatable bonds is 4. The molecule has 1 aromatic heterocycles. The van der Waals surface area contributed by atoms with Gasteiger partial charge in [0.2, 0.25) is 0 Å². The zero-order valence-corrected chi connectivity index (χ0v) is 14.3. The molecule has 1 heterocycles. The number of carbonyl (C=O) groups excluding carboxylic acids is 1. The molecule has 3 rings (SSSR count). The number of benzene rings is 2. The molecule has 0 radical (unpaired) electrons. The van der Waals surface area contributed by atoms with Crippen LogP contribution < -0.4 is 10.4 Å². The van der Waals surface area contributed by atoms with Gasteiger partial charge in [0.15, 0.2) is 11.3 Å². The van der Waals surface area contributed by atoms with Gasteiger partial charge in [-0.25, -0.2) is 9.59 Å². The van der Waals surface area contributed by atoms with Crippen molar-refractivity contribution in [2.45, 2.75) is 6.61 Å². The largest absolute Gasteiger partial charge is 0.493 e. The molecule has 0 aliphatic carbocycles. The topological polar surface area (TPSA) is 65.7 Å². The molecule has 6 heteroatoms. The second-order valence-corrected chi connectivity index (χ2v) is 5.95. The van der Waals surface area contributed by atoms with E-state index in [4.69, 9.17) is 13.9 Å². The third-order valence-corrected chi connectivity index (χ3v) is 3.87. The summed E-state index contributed by atoms with van der Waals surface area (Å²) in [6.07, 6.45) is 0. The molecule has 0 N–H and O–H groups in total. The van der Waals surface area contributed by atoms with Crippen LogP contribution in [0.3, 0.4) is 0 Å². The van der Waals surface area contributed by atoms with Crippen molar-refractivity contribution in [3.63, 3.8) is 0 Å². The monoisotopic (exact) mass is 388 g/mol. The van der Waals surface area contributed by atoms with Crippen LogP contribution in [0.1, 0.15) is 15.9 Å². The molecule has 0 fully saturated rings. The lowest BCUT2D eigenvalue weighted by Crippen LogP contribution is -2.16. The van der Waals surface area contributed by atoms with Crippen molar-refractivity contribution in [3.8, 4) is 5.75 Å². The van der Waals surface area contributed by atoms with Gasteiger partial charge in [-0.2, -0.15) is 0 Å². The van der Waals surface area contributed by atoms with E-state index in [0.717, 1.165) is 10.0 Å². The fourth-order valence-electron chi connectivity index (χ4n) is 2.26. The normalized spacial score (nSPS) is 10.6. The van der Waals surface area contributed by atoms with E-state index >= 15 is 0 Å². The first-order valence-electron chi connectivity index (χ1n) is 7.11. The molecule has 5 nitrogen and oxygen atoms in total. The highest BCUT2D eigenvalue weighted by atomic mass is 79.9. The maximum atomic E-state index is 12.2. The molecule has 24 heavy (non-hydrogen) atoms. The summed E-state index contributed by atoms with van der Waals surface area (Å²) in [5.41, 5.74) is 0.200. The fourth-order valence-corrected chi connectivity index (χ4v) is 2.72. The van der Waals surface area contributed by atoms with Crippen LogP contribution in [0.2, 0.25) is 0 Å². The predicted octanol–water partition coefficient (Wildman–Crippen LogP) is 3.92. The molecule has 3 aromatic rings. The fraction of sp³-hybridized carbons (Fsp3) is 0.111. The molecule has 0 bridgehead atoms. The quantitative estimate of drug-likeness (QED) is 0.500. The van der Waals surface area contributed by atoms with E-state index in [1.807, 2.05) is 30.3 Å². The average molecular weight is 389 g/mol. The van der Waals surface area contributed by atoms with E-state index in [2.05, 4.69) is 15.9 Å². The summed E-state index contributed by atoms with van der Waals surface area (Å²) in [5, 5.41) is 0.562. The van der Waals surface area contributed by atoms with Gasteiger partial charge >= 0.3 is 11.6 Å². The highest BCUT2D eigenvalue weighted by molar-refractivity contribution is 9.10. The van der Waals surface area contributed by atoms with Crippen molar-refractivity contribution in [1.82, 2.24) is 0 Å². The van der Waals surface area contributed by atoms with Crippen molar-refractivity contribution < 1.29 is 18.7 Å². The Morgan fingerprint density at radius 2 is 1.92 bits per heavy atom. The minimum Gasteiger partial charge on any atom is -0.493 e. The predicted molar refractivity (Wildman–Crippen MR) is 92.3 cm³/mol. The standard InChI is InChI=1S/C18H13BrO5/c1-22-15-9-13(19)7-12-8-14(18(21)24-16(12)15)17(20)23-10-11-5-3-2-4-6-11/h2-9H,10H2,1H3. The van der Waals surface area contributed by atoms with E-state index < -0.39 is 11.6 Å². The van der Waals surface area contributed by atoms with E-state index in [0.29, 0.717) is 11.1 Å². The van der Waals surface area contributed by atoms with Crippen LogP contribution in [-0.2, 0) is 11.3 Å². The van der Waals surface area contributed by atoms with Crippen molar-refractivity contribution in [3.05, 3.63) is 74.6 Å². The van der Waals surface area contributed by atoms with Gasteiger partial charge in [-0.15, -0.1) is 0 Å². The van der Waals surface area contributed by atoms with Gasteiger partial charge in [-0.05, 0) is 23.8 Å². The molecule has 0 spiro atoms. The Kier molecular flexibility index (Phi) is 4.66. The Labute approximate surface area is 145 Å². The summed E-state index contributed by atoms with van der Waals surface area (Å²) in [4.78, 5) is 24.3. The minimum atomic E-state index is -0.763. The average Bonchev–Trinajstić information content (AvgIpc) is 2.59. The zero-order chi connectivity index (χ0) is 17.1. The van der Waals surface area contributed by atoms with Gasteiger partial charge in [0.25, 0.3) is 0 Å². The summed E-state index contributed by atoms with van der Waals surface area (Å²) in [5.74, 6) is -0.325. The third-order valence-electron chi connectivity index (χ3n) is 3.42. The highest BCUT2D eigenvalue weighted by Crippen LogP contribution is 2.29. The van der Waals surface area contributed by atoms with Gasteiger partial charge in [0, 0.05) is 9.86 Å². The van der Waals surface area contributed by atoms with Gasteiger partial charge in [-0.3, -0.25) is 0 Å². The summed E-state index contributed by atoms with van der Waals surface area (Å²) in [6.45, 7) is 0.0823. The SMILES string of the molecule is COc1cc(Br)cc2cc(C(=O)OCc3ccccc3)c(=O)oc12. The molecular weight excluding hydrogens is 376 g/mol. The number of carbonyl (C=O) groups is 1. The number of halogens is 1. The number of methoxy groups -OCH3 is 1. The number of esters is 1. The van der Waals surface area contributed by atoms with Crippen LogP contribution in [0.25, 0.3) is 11.0 Å². The Hall–Kier alpha value is -2.60. The first-order valence-corrected chi connectivity index (χ1v) is 7.90. The Morgan fingerprint density at radius 1 is 1.17 bits per heavy atom. The van der Waals surface area contributed by atoms with Gasteiger partial charge in [0.1, 0.15) is 12.2 Å². The van der Waals surface area contributed by atoms with Crippen molar-refractivity contribution in [2.75, 3.05) is 7.11 Å². The Bertz CT molecular complexity index is 947. The molecule has 122 valence electrons. The molecule has 0 amide bonds. The van der Waals surface area contributed by atoms with Gasteiger partial charge in [-0.1, -0.05) is 46.3 Å². The third kappa shape index (κ3) is 3.33. The summed E-state index contributed by atoms with van der Waals surface area (Å²) in [6, 6.07) is 14.1. The molecule has 0 saturated heterocycles. The minimum absolute atomic E-state index is 0.0823. The van der Waals surface area contributed by atoms with E-state index in [-0.39, 0.29) is 17.8 Å². The molecule has 0 saturated carbocycles. The lowest BCUT2D eigenvalue weighted by atomic mass is 10.1. The van der Waals surface area contributed by atoms with Crippen LogP contribution in [0, 0.1) is 0 Å². The van der Waals surface area contributed by atoms with Gasteiger partial charge < -0.3 is 13.9 Å². The molecule has 2 aromatic carbocycles. The van der Waals surface area contributed by atoms with Gasteiger partial charge in [0.05, 0.1) is 7.11 Å². The molecular formula is C18H13BrO5. The number of fused-ring (bicyclic) bond motifs is 1. The van der Waals surface area contributed by atoms with Crippen LogP contribution >= 0.6 is 15.9 Å². The van der Waals surface area contributed by atoms with Crippen molar-refractivity contribution >= 4 is 32.9 Å². The maximum absolute atomic E-state index is 12.2. The van der Waals surface area contributed by atoms with Crippen LogP contribution in [0.4, 0.5) is 0 Å². The first-order chi connectivity index (χ1) is 11.6. The smallest absolute Gasteiger partial charge is 0.351 e. The lowest BCUT2D eigenvalue weighted by molar-refractivity contribution is 0.0468. The van der Waals surface area contributed by atoms with E-state index in [9.17, 15) is 9.59 Å². The van der Waals surface area contributed by atoms with E-state index in [1.165, 1.54) is 13.2 Å². The molecule has 0 aliphatic rings. The number of ether oxygens (including phenoxy) is 2. The summed E-state index contributed by atoms with van der Waals surface area (Å²) in [7, 11) is 1.48. The Balaban J connectivity index is 1.93. The van der Waals surface area contributed by atoms with Crippen LogP contribution in [-0.4, -0.2) is 13.1 Å². The number of hydrogen-bond acceptors (Lipinski definition) is 5. The summed E-state index contributed by atoms with van der Waals surface area (Å²) >= 11 is 3.35. The molecule has 0 aliphatic heterocycles. The highest BCUT2D eigenvalue weighted by Gasteiger charge is 2.17. The zero-order valence-electron chi connectivity index (χ0n) is 12.7. The number of hydrogen-bond donors (Lipinski definition) is 0. The van der Waals surface area contributed by atoms with Crippen LogP contribution in [0.15, 0.2) is 62.2 Å². The maximum Gasteiger partial charge on any atom is 0.351 e. The summed E-state index contributed by atoms with van der Waals surface area (Å²) < 4.78 is 16.4. The molecule has 0 unspecified atom stereocenters. The first kappa shape index (κ1) is 16.3.